The summed E-state index contributed by atoms with van der Waals surface area (Å²) in [7, 11) is 1.59. The second kappa shape index (κ2) is 3.80. The minimum absolute atomic E-state index is 0.0297. The number of pyridine rings is 1. The zero-order valence-corrected chi connectivity index (χ0v) is 10.5. The molecule has 2 aromatic rings. The molecule has 0 bridgehead atoms. The first-order valence-electron chi connectivity index (χ1n) is 4.34. The Bertz CT molecular complexity index is 533. The van der Waals surface area contributed by atoms with Gasteiger partial charge in [0.1, 0.15) is 5.75 Å². The molecule has 0 saturated carbocycles. The number of carbonyl (C=O) groups is 1. The van der Waals surface area contributed by atoms with Gasteiger partial charge in [-0.25, -0.2) is 0 Å². The van der Waals surface area contributed by atoms with Crippen molar-refractivity contribution in [1.29, 1.82) is 0 Å². The number of fused-ring (bicyclic) bond motifs is 1. The molecule has 78 valence electrons. The van der Waals surface area contributed by atoms with E-state index < -0.39 is 0 Å². The molecule has 4 nitrogen and oxygen atoms in total. The van der Waals surface area contributed by atoms with Gasteiger partial charge in [0.2, 0.25) is 5.91 Å². The third-order valence-corrected chi connectivity index (χ3v) is 3.01. The van der Waals surface area contributed by atoms with Crippen LogP contribution in [-0.4, -0.2) is 22.6 Å². The highest BCUT2D eigenvalue weighted by molar-refractivity contribution is 14.1. The molecule has 2 aromatic heterocycles. The Kier molecular flexibility index (Phi) is 2.64. The molecule has 0 fully saturated rings. The average Bonchev–Trinajstić information content (AvgIpc) is 2.56. The van der Waals surface area contributed by atoms with Crippen LogP contribution in [0, 0.1) is 3.57 Å². The van der Waals surface area contributed by atoms with Gasteiger partial charge in [0.15, 0.2) is 0 Å². The van der Waals surface area contributed by atoms with Crippen molar-refractivity contribution in [2.75, 3.05) is 7.11 Å². The number of ether oxygens (including phenoxy) is 1. The van der Waals surface area contributed by atoms with Crippen molar-refractivity contribution < 1.29 is 9.53 Å². The third-order valence-electron chi connectivity index (χ3n) is 2.19. The largest absolute Gasteiger partial charge is 0.494 e. The Hall–Kier alpha value is -1.11. The van der Waals surface area contributed by atoms with Crippen LogP contribution in [0.5, 0.6) is 5.75 Å². The van der Waals surface area contributed by atoms with Crippen LogP contribution >= 0.6 is 22.6 Å². The van der Waals surface area contributed by atoms with Crippen molar-refractivity contribution in [2.24, 2.45) is 0 Å². The maximum atomic E-state index is 11.4. The summed E-state index contributed by atoms with van der Waals surface area (Å²) >= 11 is 2.18. The molecule has 2 rings (SSSR count). The molecule has 5 heteroatoms. The topological polar surface area (TPSA) is 44.1 Å². The number of hydrogen-bond donors (Lipinski definition) is 0. The number of aromatic nitrogens is 2. The average molecular weight is 316 g/mol. The SMILES string of the molecule is COc1cncc2c1c(I)cn2C(C)=O. The van der Waals surface area contributed by atoms with Crippen LogP contribution in [0.3, 0.4) is 0 Å². The van der Waals surface area contributed by atoms with Gasteiger partial charge in [0, 0.05) is 16.7 Å². The molecular weight excluding hydrogens is 307 g/mol. The number of rotatable bonds is 1. The molecule has 0 amide bonds. The summed E-state index contributed by atoms with van der Waals surface area (Å²) < 4.78 is 7.77. The summed E-state index contributed by atoms with van der Waals surface area (Å²) in [6.45, 7) is 1.52. The Balaban J connectivity index is 2.85. The number of halogens is 1. The number of hydrogen-bond acceptors (Lipinski definition) is 3. The van der Waals surface area contributed by atoms with Crippen LogP contribution in [-0.2, 0) is 0 Å². The highest BCUT2D eigenvalue weighted by Gasteiger charge is 2.13. The highest BCUT2D eigenvalue weighted by atomic mass is 127. The lowest BCUT2D eigenvalue weighted by Gasteiger charge is -2.02. The molecule has 0 spiro atoms. The molecule has 0 aliphatic carbocycles. The van der Waals surface area contributed by atoms with Crippen molar-refractivity contribution in [1.82, 2.24) is 9.55 Å². The first-order valence-corrected chi connectivity index (χ1v) is 5.42. The van der Waals surface area contributed by atoms with Crippen molar-refractivity contribution in [3.63, 3.8) is 0 Å². The number of methoxy groups -OCH3 is 1. The molecule has 0 N–H and O–H groups in total. The second-order valence-electron chi connectivity index (χ2n) is 3.10. The predicted octanol–water partition coefficient (Wildman–Crippen LogP) is 2.31. The van der Waals surface area contributed by atoms with Gasteiger partial charge in [-0.1, -0.05) is 0 Å². The Morgan fingerprint density at radius 2 is 2.27 bits per heavy atom. The zero-order chi connectivity index (χ0) is 11.0. The highest BCUT2D eigenvalue weighted by Crippen LogP contribution is 2.30. The minimum Gasteiger partial charge on any atom is -0.494 e. The summed E-state index contributed by atoms with van der Waals surface area (Å²) in [5, 5.41) is 0.934. The molecule has 0 aromatic carbocycles. The van der Waals surface area contributed by atoms with Gasteiger partial charge in [-0.15, -0.1) is 0 Å². The molecule has 0 radical (unpaired) electrons. The van der Waals surface area contributed by atoms with Gasteiger partial charge >= 0.3 is 0 Å². The van der Waals surface area contributed by atoms with Crippen LogP contribution in [0.2, 0.25) is 0 Å². The predicted molar refractivity (Wildman–Crippen MR) is 65.3 cm³/mol. The minimum atomic E-state index is -0.0297. The van der Waals surface area contributed by atoms with E-state index in [1.807, 2.05) is 0 Å². The van der Waals surface area contributed by atoms with E-state index in [4.69, 9.17) is 4.74 Å². The van der Waals surface area contributed by atoms with E-state index in [2.05, 4.69) is 27.6 Å². The van der Waals surface area contributed by atoms with E-state index in [-0.39, 0.29) is 5.91 Å². The van der Waals surface area contributed by atoms with Gasteiger partial charge in [0.05, 0.1) is 30.4 Å². The van der Waals surface area contributed by atoms with E-state index in [0.717, 1.165) is 14.5 Å². The Morgan fingerprint density at radius 3 is 2.87 bits per heavy atom. The van der Waals surface area contributed by atoms with E-state index in [1.165, 1.54) is 6.92 Å². The normalized spacial score (nSPS) is 10.6. The summed E-state index contributed by atoms with van der Waals surface area (Å²) in [6, 6.07) is 0. The van der Waals surface area contributed by atoms with Gasteiger partial charge in [0.25, 0.3) is 0 Å². The van der Waals surface area contributed by atoms with Crippen molar-refractivity contribution >= 4 is 39.4 Å². The van der Waals surface area contributed by atoms with Gasteiger partial charge in [-0.3, -0.25) is 14.3 Å². The maximum Gasteiger partial charge on any atom is 0.228 e. The van der Waals surface area contributed by atoms with Gasteiger partial charge in [-0.05, 0) is 22.6 Å². The zero-order valence-electron chi connectivity index (χ0n) is 8.32. The summed E-state index contributed by atoms with van der Waals surface area (Å²) in [4.78, 5) is 15.4. The lowest BCUT2D eigenvalue weighted by molar-refractivity contribution is 0.0941. The molecule has 0 unspecified atom stereocenters. The van der Waals surface area contributed by atoms with Crippen molar-refractivity contribution in [3.05, 3.63) is 22.2 Å². The number of carbonyl (C=O) groups excluding carboxylic acids is 1. The van der Waals surface area contributed by atoms with E-state index in [1.54, 1.807) is 30.3 Å². The summed E-state index contributed by atoms with van der Waals surface area (Å²) in [5.41, 5.74) is 0.784. The fourth-order valence-corrected chi connectivity index (χ4v) is 2.34. The van der Waals surface area contributed by atoms with Crippen molar-refractivity contribution in [3.8, 4) is 5.75 Å². The standard InChI is InChI=1S/C10H9IN2O2/c1-6(14)13-5-7(11)10-8(13)3-12-4-9(10)15-2/h3-5H,1-2H3. The van der Waals surface area contributed by atoms with Crippen molar-refractivity contribution in [2.45, 2.75) is 6.92 Å². The lowest BCUT2D eigenvalue weighted by atomic mass is 10.3. The molecule has 15 heavy (non-hydrogen) atoms. The van der Waals surface area contributed by atoms with Crippen LogP contribution < -0.4 is 4.74 Å². The summed E-state index contributed by atoms with van der Waals surface area (Å²) in [6.07, 6.45) is 5.11. The van der Waals surface area contributed by atoms with E-state index in [9.17, 15) is 4.79 Å². The molecule has 2 heterocycles. The van der Waals surface area contributed by atoms with E-state index >= 15 is 0 Å². The van der Waals surface area contributed by atoms with Crippen LogP contribution in [0.1, 0.15) is 11.7 Å². The fourth-order valence-electron chi connectivity index (χ4n) is 1.52. The van der Waals surface area contributed by atoms with Gasteiger partial charge in [-0.2, -0.15) is 0 Å². The van der Waals surface area contributed by atoms with Crippen LogP contribution in [0.15, 0.2) is 18.6 Å². The van der Waals surface area contributed by atoms with Crippen LogP contribution in [0.4, 0.5) is 0 Å². The molecular formula is C10H9IN2O2. The molecule has 0 saturated heterocycles. The Labute approximate surface area is 100 Å². The fraction of sp³-hybridized carbons (Fsp3) is 0.200. The van der Waals surface area contributed by atoms with Gasteiger partial charge < -0.3 is 4.74 Å². The molecule has 0 aliphatic heterocycles. The second-order valence-corrected chi connectivity index (χ2v) is 4.26. The first-order chi connectivity index (χ1) is 7.15. The smallest absolute Gasteiger partial charge is 0.228 e. The molecule has 0 aliphatic rings. The van der Waals surface area contributed by atoms with E-state index in [0.29, 0.717) is 5.75 Å². The Morgan fingerprint density at radius 1 is 1.53 bits per heavy atom. The summed E-state index contributed by atoms with van der Waals surface area (Å²) in [5.74, 6) is 0.662. The molecule has 0 atom stereocenters. The monoisotopic (exact) mass is 316 g/mol. The maximum absolute atomic E-state index is 11.4. The van der Waals surface area contributed by atoms with Crippen LogP contribution in [0.25, 0.3) is 10.9 Å². The quantitative estimate of drug-likeness (QED) is 0.759. The number of nitrogens with zero attached hydrogens (tertiary/aromatic N) is 2. The third kappa shape index (κ3) is 1.60. The lowest BCUT2D eigenvalue weighted by Crippen LogP contribution is -2.03. The first kappa shape index (κ1) is 10.4.